The van der Waals surface area contributed by atoms with Gasteiger partial charge >= 0.3 is 0 Å². The van der Waals surface area contributed by atoms with E-state index in [2.05, 4.69) is 26.6 Å². The Morgan fingerprint density at radius 2 is 1.97 bits per heavy atom. The molecule has 0 saturated heterocycles. The highest BCUT2D eigenvalue weighted by molar-refractivity contribution is 7.99. The number of carbonyl (C=O) groups is 1. The lowest BCUT2D eigenvalue weighted by Gasteiger charge is -2.19. The molecular weight excluding hydrogens is 422 g/mol. The van der Waals surface area contributed by atoms with Gasteiger partial charge in [-0.3, -0.25) is 9.69 Å². The number of thiazole rings is 1. The molecule has 6 nitrogen and oxygen atoms in total. The molecule has 4 rings (SSSR count). The number of benzene rings is 1. The van der Waals surface area contributed by atoms with E-state index in [-0.39, 0.29) is 11.7 Å². The van der Waals surface area contributed by atoms with E-state index in [0.29, 0.717) is 5.13 Å². The van der Waals surface area contributed by atoms with E-state index >= 15 is 0 Å². The van der Waals surface area contributed by atoms with E-state index in [4.69, 9.17) is 0 Å². The number of nitrogens with zero attached hydrogens (tertiary/aromatic N) is 5. The molecule has 0 N–H and O–H groups in total. The Kier molecular flexibility index (Phi) is 6.08. The third-order valence-electron chi connectivity index (χ3n) is 4.22. The average molecular weight is 442 g/mol. The van der Waals surface area contributed by atoms with Crippen LogP contribution in [0.5, 0.6) is 0 Å². The van der Waals surface area contributed by atoms with Crippen molar-refractivity contribution in [3.63, 3.8) is 0 Å². The minimum Gasteiger partial charge on any atom is -0.309 e. The molecule has 0 spiro atoms. The SMILES string of the molecule is Cc1csc(N(C(=O)CSc2nnc(Cc3cccs3)n2C)c2ccccc2)n1. The molecule has 0 bridgehead atoms. The summed E-state index contributed by atoms with van der Waals surface area (Å²) in [7, 11) is 1.94. The highest BCUT2D eigenvalue weighted by atomic mass is 32.2. The van der Waals surface area contributed by atoms with E-state index in [1.807, 2.05) is 60.3 Å². The van der Waals surface area contributed by atoms with Crippen molar-refractivity contribution in [1.82, 2.24) is 19.7 Å². The summed E-state index contributed by atoms with van der Waals surface area (Å²) in [4.78, 5) is 20.5. The molecule has 3 heterocycles. The summed E-state index contributed by atoms with van der Waals surface area (Å²) in [6.45, 7) is 1.93. The predicted octanol–water partition coefficient (Wildman–Crippen LogP) is 4.69. The van der Waals surface area contributed by atoms with Gasteiger partial charge in [-0.05, 0) is 30.5 Å². The molecule has 0 atom stereocenters. The van der Waals surface area contributed by atoms with Crippen LogP contribution in [-0.2, 0) is 18.3 Å². The average Bonchev–Trinajstić information content (AvgIpc) is 3.46. The van der Waals surface area contributed by atoms with E-state index in [9.17, 15) is 4.79 Å². The van der Waals surface area contributed by atoms with E-state index in [1.165, 1.54) is 28.0 Å². The van der Waals surface area contributed by atoms with Gasteiger partial charge < -0.3 is 4.57 Å². The van der Waals surface area contributed by atoms with Crippen LogP contribution in [0.3, 0.4) is 0 Å². The number of carbonyl (C=O) groups excluding carboxylic acids is 1. The van der Waals surface area contributed by atoms with Crippen molar-refractivity contribution < 1.29 is 4.79 Å². The zero-order chi connectivity index (χ0) is 20.2. The highest BCUT2D eigenvalue weighted by Crippen LogP contribution is 2.30. The fourth-order valence-corrected chi connectivity index (χ4v) is 5.09. The lowest BCUT2D eigenvalue weighted by Crippen LogP contribution is -2.27. The fourth-order valence-electron chi connectivity index (χ4n) is 2.77. The van der Waals surface area contributed by atoms with Crippen LogP contribution in [0.2, 0.25) is 0 Å². The summed E-state index contributed by atoms with van der Waals surface area (Å²) in [5.74, 6) is 1.09. The van der Waals surface area contributed by atoms with Gasteiger partial charge in [0.15, 0.2) is 10.3 Å². The lowest BCUT2D eigenvalue weighted by atomic mass is 10.3. The molecule has 0 saturated carbocycles. The molecule has 0 aliphatic carbocycles. The van der Waals surface area contributed by atoms with Crippen LogP contribution >= 0.6 is 34.4 Å². The predicted molar refractivity (Wildman–Crippen MR) is 119 cm³/mol. The quantitative estimate of drug-likeness (QED) is 0.389. The molecule has 0 aliphatic rings. The molecule has 29 heavy (non-hydrogen) atoms. The Balaban J connectivity index is 1.49. The molecule has 0 aliphatic heterocycles. The van der Waals surface area contributed by atoms with Crippen LogP contribution in [0.25, 0.3) is 0 Å². The first-order valence-corrected chi connectivity index (χ1v) is 11.7. The van der Waals surface area contributed by atoms with Crippen LogP contribution in [0.15, 0.2) is 58.4 Å². The van der Waals surface area contributed by atoms with Crippen molar-refractivity contribution >= 4 is 51.2 Å². The number of hydrogen-bond acceptors (Lipinski definition) is 7. The second-order valence-corrected chi connectivity index (χ2v) is 9.15. The van der Waals surface area contributed by atoms with Crippen molar-refractivity contribution in [3.8, 4) is 0 Å². The first-order valence-electron chi connectivity index (χ1n) is 8.95. The molecule has 0 fully saturated rings. The Hall–Kier alpha value is -2.49. The number of rotatable bonds is 7. The Bertz CT molecular complexity index is 1090. The van der Waals surface area contributed by atoms with Crippen molar-refractivity contribution in [2.45, 2.75) is 18.5 Å². The molecular formula is C20H19N5OS3. The number of thioether (sulfide) groups is 1. The van der Waals surface area contributed by atoms with Gasteiger partial charge in [0, 0.05) is 23.7 Å². The van der Waals surface area contributed by atoms with Crippen molar-refractivity contribution in [2.24, 2.45) is 7.05 Å². The number of thiophene rings is 1. The molecule has 1 aromatic carbocycles. The third kappa shape index (κ3) is 4.58. The lowest BCUT2D eigenvalue weighted by molar-refractivity contribution is -0.115. The third-order valence-corrected chi connectivity index (χ3v) is 7.05. The van der Waals surface area contributed by atoms with Crippen molar-refractivity contribution in [2.75, 3.05) is 10.7 Å². The second-order valence-electron chi connectivity index (χ2n) is 6.34. The van der Waals surface area contributed by atoms with Gasteiger partial charge in [0.25, 0.3) is 0 Å². The smallest absolute Gasteiger partial charge is 0.243 e. The number of amides is 1. The van der Waals surface area contributed by atoms with E-state index in [0.717, 1.165) is 28.8 Å². The van der Waals surface area contributed by atoms with Crippen LogP contribution < -0.4 is 4.90 Å². The van der Waals surface area contributed by atoms with Crippen LogP contribution in [-0.4, -0.2) is 31.4 Å². The summed E-state index contributed by atoms with van der Waals surface area (Å²) >= 11 is 4.56. The Morgan fingerprint density at radius 1 is 1.14 bits per heavy atom. The minimum atomic E-state index is -0.0432. The second kappa shape index (κ2) is 8.89. The number of anilines is 2. The number of aryl methyl sites for hydroxylation is 1. The molecule has 3 aromatic heterocycles. The van der Waals surface area contributed by atoms with Gasteiger partial charge in [0.1, 0.15) is 5.82 Å². The van der Waals surface area contributed by atoms with Crippen molar-refractivity contribution in [1.29, 1.82) is 0 Å². The van der Waals surface area contributed by atoms with Gasteiger partial charge in [0.2, 0.25) is 5.91 Å². The largest absolute Gasteiger partial charge is 0.309 e. The molecule has 148 valence electrons. The zero-order valence-corrected chi connectivity index (χ0v) is 18.4. The standard InChI is InChI=1S/C20H19N5OS3/c1-14-12-28-19(21-14)25(15-7-4-3-5-8-15)18(26)13-29-20-23-22-17(24(20)2)11-16-9-6-10-27-16/h3-10,12H,11,13H2,1-2H3. The van der Waals surface area contributed by atoms with Crippen LogP contribution in [0.1, 0.15) is 16.4 Å². The number of aromatic nitrogens is 4. The summed E-state index contributed by atoms with van der Waals surface area (Å²) in [6.07, 6.45) is 0.740. The van der Waals surface area contributed by atoms with Gasteiger partial charge in [-0.2, -0.15) is 0 Å². The van der Waals surface area contributed by atoms with Gasteiger partial charge in [0.05, 0.1) is 17.1 Å². The maximum atomic E-state index is 13.1. The van der Waals surface area contributed by atoms with E-state index < -0.39 is 0 Å². The zero-order valence-electron chi connectivity index (χ0n) is 16.0. The highest BCUT2D eigenvalue weighted by Gasteiger charge is 2.22. The molecule has 9 heteroatoms. The summed E-state index contributed by atoms with van der Waals surface area (Å²) in [5, 5.41) is 14.0. The van der Waals surface area contributed by atoms with E-state index in [1.54, 1.807) is 16.2 Å². The Labute approximate surface area is 181 Å². The minimum absolute atomic E-state index is 0.0432. The first kappa shape index (κ1) is 19.8. The maximum Gasteiger partial charge on any atom is 0.243 e. The summed E-state index contributed by atoms with van der Waals surface area (Å²) in [5.41, 5.74) is 1.71. The maximum absolute atomic E-state index is 13.1. The first-order chi connectivity index (χ1) is 14.1. The number of para-hydroxylation sites is 1. The summed E-state index contributed by atoms with van der Waals surface area (Å²) < 4.78 is 1.96. The fraction of sp³-hybridized carbons (Fsp3) is 0.200. The Morgan fingerprint density at radius 3 is 2.66 bits per heavy atom. The van der Waals surface area contributed by atoms with Gasteiger partial charge in [-0.25, -0.2) is 4.98 Å². The summed E-state index contributed by atoms with van der Waals surface area (Å²) in [6, 6.07) is 13.7. The van der Waals surface area contributed by atoms with Crippen LogP contribution in [0.4, 0.5) is 10.8 Å². The molecule has 0 radical (unpaired) electrons. The number of hydrogen-bond donors (Lipinski definition) is 0. The van der Waals surface area contributed by atoms with Crippen LogP contribution in [0, 0.1) is 6.92 Å². The molecule has 4 aromatic rings. The van der Waals surface area contributed by atoms with Gasteiger partial charge in [-0.1, -0.05) is 36.0 Å². The van der Waals surface area contributed by atoms with Gasteiger partial charge in [-0.15, -0.1) is 32.9 Å². The topological polar surface area (TPSA) is 63.9 Å². The molecule has 1 amide bonds. The normalized spacial score (nSPS) is 11.0. The molecule has 0 unspecified atom stereocenters. The monoisotopic (exact) mass is 441 g/mol. The van der Waals surface area contributed by atoms with Crippen molar-refractivity contribution in [3.05, 3.63) is 69.6 Å².